The molecule has 0 radical (unpaired) electrons. The second kappa shape index (κ2) is 7.93. The van der Waals surface area contributed by atoms with Crippen molar-refractivity contribution in [2.24, 2.45) is 0 Å². The van der Waals surface area contributed by atoms with Crippen molar-refractivity contribution in [3.63, 3.8) is 0 Å². The topological polar surface area (TPSA) is 101 Å². The molecular formula is C18H19FN4O4S. The molecule has 0 aliphatic carbocycles. The Labute approximate surface area is 164 Å². The van der Waals surface area contributed by atoms with Crippen molar-refractivity contribution in [1.29, 1.82) is 0 Å². The van der Waals surface area contributed by atoms with Gasteiger partial charge in [-0.25, -0.2) is 14.2 Å². The summed E-state index contributed by atoms with van der Waals surface area (Å²) in [4.78, 5) is 41.7. The number of hydrogen-bond donors (Lipinski definition) is 2. The third kappa shape index (κ3) is 4.28. The molecule has 2 N–H and O–H groups in total. The number of aromatic nitrogens is 1. The fourth-order valence-electron chi connectivity index (χ4n) is 2.64. The number of amides is 3. The van der Waals surface area contributed by atoms with E-state index in [2.05, 4.69) is 15.6 Å². The Morgan fingerprint density at radius 3 is 2.75 bits per heavy atom. The van der Waals surface area contributed by atoms with Crippen LogP contribution >= 0.6 is 11.3 Å². The minimum absolute atomic E-state index is 0.156. The second-order valence-electron chi connectivity index (χ2n) is 6.33. The van der Waals surface area contributed by atoms with Gasteiger partial charge in [-0.05, 0) is 32.0 Å². The molecule has 2 heterocycles. The number of cyclic esters (lactones) is 1. The first-order chi connectivity index (χ1) is 13.2. The number of hydrogen-bond acceptors (Lipinski definition) is 6. The number of benzene rings is 1. The first kappa shape index (κ1) is 19.7. The third-order valence-electron chi connectivity index (χ3n) is 4.21. The van der Waals surface area contributed by atoms with Gasteiger partial charge in [-0.2, -0.15) is 0 Å². The van der Waals surface area contributed by atoms with Crippen molar-refractivity contribution in [2.75, 3.05) is 23.3 Å². The van der Waals surface area contributed by atoms with Gasteiger partial charge in [0, 0.05) is 11.8 Å². The summed E-state index contributed by atoms with van der Waals surface area (Å²) < 4.78 is 19.7. The Hall–Kier alpha value is -3.01. The van der Waals surface area contributed by atoms with Crippen molar-refractivity contribution in [1.82, 2.24) is 10.3 Å². The van der Waals surface area contributed by atoms with E-state index in [1.807, 2.05) is 13.8 Å². The molecule has 1 fully saturated rings. The molecule has 1 aliphatic heterocycles. The highest BCUT2D eigenvalue weighted by Gasteiger charge is 2.33. The third-order valence-corrected chi connectivity index (χ3v) is 5.20. The van der Waals surface area contributed by atoms with Gasteiger partial charge < -0.3 is 10.1 Å². The van der Waals surface area contributed by atoms with Gasteiger partial charge >= 0.3 is 6.09 Å². The van der Waals surface area contributed by atoms with E-state index in [1.165, 1.54) is 35.3 Å². The molecule has 10 heteroatoms. The molecule has 28 heavy (non-hydrogen) atoms. The molecule has 3 rings (SSSR count). The summed E-state index contributed by atoms with van der Waals surface area (Å²) in [7, 11) is 0. The molecule has 2 aromatic rings. The minimum Gasteiger partial charge on any atom is -0.442 e. The Morgan fingerprint density at radius 1 is 1.39 bits per heavy atom. The molecule has 148 valence electrons. The van der Waals surface area contributed by atoms with E-state index in [-0.39, 0.29) is 30.2 Å². The van der Waals surface area contributed by atoms with Crippen molar-refractivity contribution >= 4 is 40.1 Å². The maximum atomic E-state index is 14.5. The highest BCUT2D eigenvalue weighted by Crippen LogP contribution is 2.25. The van der Waals surface area contributed by atoms with Crippen LogP contribution in [0.2, 0.25) is 0 Å². The molecule has 1 aromatic heterocycles. The summed E-state index contributed by atoms with van der Waals surface area (Å²) in [5.41, 5.74) is 0.916. The molecule has 1 aromatic carbocycles. The summed E-state index contributed by atoms with van der Waals surface area (Å²) >= 11 is 1.31. The van der Waals surface area contributed by atoms with Gasteiger partial charge in [0.1, 0.15) is 11.9 Å². The Kier molecular flexibility index (Phi) is 5.59. The van der Waals surface area contributed by atoms with E-state index < -0.39 is 23.9 Å². The zero-order valence-corrected chi connectivity index (χ0v) is 16.4. The zero-order valence-electron chi connectivity index (χ0n) is 15.5. The van der Waals surface area contributed by atoms with Crippen LogP contribution in [0.1, 0.15) is 27.9 Å². The Balaban J connectivity index is 1.70. The fraction of sp³-hybridized carbons (Fsp3) is 0.333. The normalized spacial score (nSPS) is 16.1. The highest BCUT2D eigenvalue weighted by atomic mass is 32.1. The number of nitrogens with one attached hydrogen (secondary N) is 2. The SMILES string of the molecule is CC(=O)NC[C@H]1CN(c2ccc(C(=O)Nc3nc(C)c(C)s3)c(F)c2)C(=O)O1. The van der Waals surface area contributed by atoms with E-state index in [0.717, 1.165) is 16.6 Å². The van der Waals surface area contributed by atoms with Crippen LogP contribution in [0.5, 0.6) is 0 Å². The Bertz CT molecular complexity index is 926. The average Bonchev–Trinajstić information content (AvgIpc) is 3.14. The highest BCUT2D eigenvalue weighted by molar-refractivity contribution is 7.15. The van der Waals surface area contributed by atoms with E-state index in [0.29, 0.717) is 5.13 Å². The van der Waals surface area contributed by atoms with Gasteiger partial charge in [0.15, 0.2) is 5.13 Å². The lowest BCUT2D eigenvalue weighted by Gasteiger charge is -2.14. The minimum atomic E-state index is -0.766. The van der Waals surface area contributed by atoms with Gasteiger partial charge in [-0.3, -0.25) is 19.8 Å². The molecule has 0 spiro atoms. The van der Waals surface area contributed by atoms with Crippen molar-refractivity contribution in [2.45, 2.75) is 26.9 Å². The van der Waals surface area contributed by atoms with Crippen LogP contribution in [0.25, 0.3) is 0 Å². The number of rotatable bonds is 5. The molecule has 1 atom stereocenters. The zero-order chi connectivity index (χ0) is 20.4. The van der Waals surface area contributed by atoms with Crippen molar-refractivity contribution in [3.8, 4) is 0 Å². The van der Waals surface area contributed by atoms with Crippen LogP contribution in [0, 0.1) is 19.7 Å². The predicted octanol–water partition coefficient (Wildman–Crippen LogP) is 2.61. The number of carbonyl (C=O) groups excluding carboxylic acids is 3. The maximum Gasteiger partial charge on any atom is 0.414 e. The van der Waals surface area contributed by atoms with Crippen LogP contribution in [-0.2, 0) is 9.53 Å². The molecule has 1 saturated heterocycles. The maximum absolute atomic E-state index is 14.5. The van der Waals surface area contributed by atoms with Gasteiger partial charge in [-0.15, -0.1) is 11.3 Å². The molecule has 0 unspecified atom stereocenters. The second-order valence-corrected chi connectivity index (χ2v) is 7.54. The summed E-state index contributed by atoms with van der Waals surface area (Å²) in [6.07, 6.45) is -1.17. The summed E-state index contributed by atoms with van der Waals surface area (Å²) in [6.45, 7) is 5.41. The number of halogens is 1. The largest absolute Gasteiger partial charge is 0.442 e. The molecular weight excluding hydrogens is 387 g/mol. The lowest BCUT2D eigenvalue weighted by Crippen LogP contribution is -2.33. The van der Waals surface area contributed by atoms with E-state index in [1.54, 1.807) is 0 Å². The van der Waals surface area contributed by atoms with Crippen LogP contribution in [-0.4, -0.2) is 42.1 Å². The van der Waals surface area contributed by atoms with Gasteiger partial charge in [0.25, 0.3) is 5.91 Å². The number of thiazole rings is 1. The van der Waals surface area contributed by atoms with Gasteiger partial charge in [-0.1, -0.05) is 0 Å². The smallest absolute Gasteiger partial charge is 0.414 e. The van der Waals surface area contributed by atoms with E-state index in [4.69, 9.17) is 4.74 Å². The number of anilines is 2. The van der Waals surface area contributed by atoms with Crippen LogP contribution in [0.3, 0.4) is 0 Å². The molecule has 0 bridgehead atoms. The van der Waals surface area contributed by atoms with Gasteiger partial charge in [0.05, 0.1) is 30.0 Å². The standard InChI is InChI=1S/C18H19FN4O4S/c1-9-10(2)28-17(21-9)22-16(25)14-5-4-12(6-15(14)19)23-8-13(27-18(23)26)7-20-11(3)24/h4-6,13H,7-8H2,1-3H3,(H,20,24)(H,21,22,25)/t13-/m0/s1. The van der Waals surface area contributed by atoms with Crippen LogP contribution in [0.15, 0.2) is 18.2 Å². The quantitative estimate of drug-likeness (QED) is 0.795. The predicted molar refractivity (Wildman–Crippen MR) is 102 cm³/mol. The lowest BCUT2D eigenvalue weighted by atomic mass is 10.1. The van der Waals surface area contributed by atoms with Crippen LogP contribution < -0.4 is 15.5 Å². The molecule has 0 saturated carbocycles. The fourth-order valence-corrected chi connectivity index (χ4v) is 3.45. The first-order valence-corrected chi connectivity index (χ1v) is 9.33. The molecule has 1 aliphatic rings. The lowest BCUT2D eigenvalue weighted by molar-refractivity contribution is -0.119. The molecule has 8 nitrogen and oxygen atoms in total. The number of aryl methyl sites for hydroxylation is 2. The number of carbonyl (C=O) groups is 3. The van der Waals surface area contributed by atoms with E-state index in [9.17, 15) is 18.8 Å². The molecule has 3 amide bonds. The van der Waals surface area contributed by atoms with Gasteiger partial charge in [0.2, 0.25) is 5.91 Å². The monoisotopic (exact) mass is 406 g/mol. The summed E-state index contributed by atoms with van der Waals surface area (Å²) in [5, 5.41) is 5.54. The van der Waals surface area contributed by atoms with Crippen molar-refractivity contribution in [3.05, 3.63) is 40.2 Å². The van der Waals surface area contributed by atoms with Crippen LogP contribution in [0.4, 0.5) is 20.0 Å². The average molecular weight is 406 g/mol. The number of nitrogens with zero attached hydrogens (tertiary/aromatic N) is 2. The Morgan fingerprint density at radius 2 is 2.14 bits per heavy atom. The van der Waals surface area contributed by atoms with E-state index >= 15 is 0 Å². The summed E-state index contributed by atoms with van der Waals surface area (Å²) in [5.74, 6) is -1.62. The first-order valence-electron chi connectivity index (χ1n) is 8.52. The van der Waals surface area contributed by atoms with Crippen molar-refractivity contribution < 1.29 is 23.5 Å². The summed E-state index contributed by atoms with van der Waals surface area (Å²) in [6, 6.07) is 3.88. The number of ether oxygens (including phenoxy) is 1.